The van der Waals surface area contributed by atoms with Crippen LogP contribution in [0.2, 0.25) is 0 Å². The van der Waals surface area contributed by atoms with Crippen LogP contribution < -0.4 is 14.9 Å². The van der Waals surface area contributed by atoms with Crippen LogP contribution in [0.25, 0.3) is 31.3 Å². The molecule has 0 aliphatic rings. The quantitative estimate of drug-likeness (QED) is 0.529. The molecule has 4 rings (SSSR count). The second kappa shape index (κ2) is 6.83. The molecule has 0 N–H and O–H groups in total. The summed E-state index contributed by atoms with van der Waals surface area (Å²) in [5.74, 6) is 1.30. The SMILES string of the molecule is COc1cc2c3sc4ncccc4c(=O)c3n(CCN(C)C)c2cc1OC. The van der Waals surface area contributed by atoms with Gasteiger partial charge in [0.15, 0.2) is 11.5 Å². The highest BCUT2D eigenvalue weighted by molar-refractivity contribution is 7.25. The van der Waals surface area contributed by atoms with Gasteiger partial charge in [-0.2, -0.15) is 0 Å². The Hall–Kier alpha value is -2.64. The normalized spacial score (nSPS) is 11.7. The molecule has 0 radical (unpaired) electrons. The zero-order chi connectivity index (χ0) is 19.1. The van der Waals surface area contributed by atoms with Crippen LogP contribution in [0.5, 0.6) is 11.5 Å². The van der Waals surface area contributed by atoms with Crippen molar-refractivity contribution in [3.8, 4) is 11.5 Å². The summed E-state index contributed by atoms with van der Waals surface area (Å²) >= 11 is 1.54. The first-order valence-corrected chi connectivity index (χ1v) is 9.47. The Morgan fingerprint density at radius 2 is 1.89 bits per heavy atom. The number of hydrogen-bond donors (Lipinski definition) is 0. The fourth-order valence-corrected chi connectivity index (χ4v) is 4.53. The van der Waals surface area contributed by atoms with Gasteiger partial charge in [0, 0.05) is 30.7 Å². The van der Waals surface area contributed by atoms with E-state index in [0.29, 0.717) is 28.9 Å². The maximum absolute atomic E-state index is 13.3. The first-order chi connectivity index (χ1) is 13.0. The number of aromatic nitrogens is 2. The van der Waals surface area contributed by atoms with Gasteiger partial charge in [0.2, 0.25) is 5.43 Å². The zero-order valence-electron chi connectivity index (χ0n) is 15.8. The Morgan fingerprint density at radius 1 is 1.15 bits per heavy atom. The van der Waals surface area contributed by atoms with Gasteiger partial charge in [-0.15, -0.1) is 11.3 Å². The van der Waals surface area contributed by atoms with Gasteiger partial charge in [0.05, 0.1) is 29.8 Å². The average molecular weight is 383 g/mol. The van der Waals surface area contributed by atoms with Crippen LogP contribution in [0, 0.1) is 0 Å². The van der Waals surface area contributed by atoms with Crippen LogP contribution >= 0.6 is 11.3 Å². The molecule has 0 aliphatic heterocycles. The largest absolute Gasteiger partial charge is 0.493 e. The molecular formula is C20H21N3O3S. The van der Waals surface area contributed by atoms with Crippen molar-refractivity contribution >= 4 is 42.7 Å². The van der Waals surface area contributed by atoms with E-state index < -0.39 is 0 Å². The van der Waals surface area contributed by atoms with Crippen molar-refractivity contribution in [2.75, 3.05) is 34.9 Å². The minimum Gasteiger partial charge on any atom is -0.493 e. The number of rotatable bonds is 5. The van der Waals surface area contributed by atoms with Gasteiger partial charge in [0.1, 0.15) is 10.3 Å². The van der Waals surface area contributed by atoms with E-state index in [4.69, 9.17) is 9.47 Å². The number of hydrogen-bond acceptors (Lipinski definition) is 6. The van der Waals surface area contributed by atoms with E-state index in [1.807, 2.05) is 32.3 Å². The first kappa shape index (κ1) is 17.8. The second-order valence-corrected chi connectivity index (χ2v) is 7.64. The van der Waals surface area contributed by atoms with Crippen molar-refractivity contribution in [2.24, 2.45) is 0 Å². The standard InChI is InChI=1S/C20H21N3O3S/c1-22(2)8-9-23-14-11-16(26-4)15(25-3)10-13(14)19-17(23)18(24)12-6-5-7-21-20(12)27-19/h5-7,10-11H,8-9H2,1-4H3. The number of fused-ring (bicyclic) bond motifs is 4. The third-order valence-electron chi connectivity index (χ3n) is 4.72. The molecular weight excluding hydrogens is 362 g/mol. The van der Waals surface area contributed by atoms with Gasteiger partial charge in [-0.25, -0.2) is 4.98 Å². The molecule has 1 aromatic carbocycles. The van der Waals surface area contributed by atoms with Gasteiger partial charge >= 0.3 is 0 Å². The van der Waals surface area contributed by atoms with Crippen molar-refractivity contribution in [3.05, 3.63) is 40.7 Å². The van der Waals surface area contributed by atoms with Crippen LogP contribution in [-0.4, -0.2) is 49.3 Å². The molecule has 0 unspecified atom stereocenters. The number of pyridine rings is 1. The monoisotopic (exact) mass is 383 g/mol. The van der Waals surface area contributed by atoms with Gasteiger partial charge in [-0.3, -0.25) is 4.79 Å². The Morgan fingerprint density at radius 3 is 2.59 bits per heavy atom. The molecule has 6 nitrogen and oxygen atoms in total. The van der Waals surface area contributed by atoms with Crippen molar-refractivity contribution in [1.29, 1.82) is 0 Å². The summed E-state index contributed by atoms with van der Waals surface area (Å²) in [6, 6.07) is 7.55. The summed E-state index contributed by atoms with van der Waals surface area (Å²) in [7, 11) is 7.29. The molecule has 4 aromatic rings. The molecule has 3 heterocycles. The van der Waals surface area contributed by atoms with Crippen LogP contribution in [0.1, 0.15) is 0 Å². The molecule has 27 heavy (non-hydrogen) atoms. The number of nitrogens with zero attached hydrogens (tertiary/aromatic N) is 3. The molecule has 0 aliphatic carbocycles. The van der Waals surface area contributed by atoms with Crippen LogP contribution in [0.4, 0.5) is 0 Å². The summed E-state index contributed by atoms with van der Waals surface area (Å²) in [5, 5.41) is 1.64. The van der Waals surface area contributed by atoms with E-state index in [-0.39, 0.29) is 5.43 Å². The lowest BCUT2D eigenvalue weighted by atomic mass is 10.2. The Labute approximate surface area is 160 Å². The van der Waals surface area contributed by atoms with E-state index in [1.165, 1.54) is 0 Å². The van der Waals surface area contributed by atoms with Crippen molar-refractivity contribution < 1.29 is 9.47 Å². The average Bonchev–Trinajstić information content (AvgIpc) is 2.98. The van der Waals surface area contributed by atoms with E-state index in [2.05, 4.69) is 14.5 Å². The minimum atomic E-state index is 0.0136. The summed E-state index contributed by atoms with van der Waals surface area (Å²) in [6.07, 6.45) is 1.72. The van der Waals surface area contributed by atoms with Gasteiger partial charge in [-0.1, -0.05) is 0 Å². The fourth-order valence-electron chi connectivity index (χ4n) is 3.37. The van der Waals surface area contributed by atoms with Crippen molar-refractivity contribution in [2.45, 2.75) is 6.54 Å². The number of likely N-dealkylation sites (N-methyl/N-ethyl adjacent to an activating group) is 1. The molecule has 0 saturated carbocycles. The molecule has 0 atom stereocenters. The lowest BCUT2D eigenvalue weighted by molar-refractivity contribution is 0.355. The highest BCUT2D eigenvalue weighted by Crippen LogP contribution is 2.39. The molecule has 0 bridgehead atoms. The smallest absolute Gasteiger partial charge is 0.213 e. The molecule has 140 valence electrons. The molecule has 0 saturated heterocycles. The van der Waals surface area contributed by atoms with Crippen LogP contribution in [0.3, 0.4) is 0 Å². The van der Waals surface area contributed by atoms with E-state index in [9.17, 15) is 4.79 Å². The minimum absolute atomic E-state index is 0.0136. The fraction of sp³-hybridized carbons (Fsp3) is 0.300. The maximum Gasteiger partial charge on any atom is 0.213 e. The molecule has 7 heteroatoms. The second-order valence-electron chi connectivity index (χ2n) is 6.64. The van der Waals surface area contributed by atoms with Crippen LogP contribution in [0.15, 0.2) is 35.3 Å². The molecule has 3 aromatic heterocycles. The molecule has 0 spiro atoms. The first-order valence-electron chi connectivity index (χ1n) is 8.65. The predicted octanol–water partition coefficient (Wildman–Crippen LogP) is 3.34. The number of ether oxygens (including phenoxy) is 2. The Balaban J connectivity index is 2.16. The highest BCUT2D eigenvalue weighted by Gasteiger charge is 2.19. The van der Waals surface area contributed by atoms with E-state index >= 15 is 0 Å². The topological polar surface area (TPSA) is 56.6 Å². The Kier molecular flexibility index (Phi) is 4.49. The van der Waals surface area contributed by atoms with Gasteiger partial charge in [0.25, 0.3) is 0 Å². The summed E-state index contributed by atoms with van der Waals surface area (Å²) in [5.41, 5.74) is 1.69. The number of methoxy groups -OCH3 is 2. The van der Waals surface area contributed by atoms with E-state index in [0.717, 1.165) is 27.0 Å². The Bertz CT molecular complexity index is 1210. The number of benzene rings is 1. The lowest BCUT2D eigenvalue weighted by Gasteiger charge is -2.13. The maximum atomic E-state index is 13.3. The molecule has 0 amide bonds. The highest BCUT2D eigenvalue weighted by atomic mass is 32.1. The van der Waals surface area contributed by atoms with Gasteiger partial charge in [-0.05, 0) is 32.3 Å². The van der Waals surface area contributed by atoms with E-state index in [1.54, 1.807) is 37.8 Å². The zero-order valence-corrected chi connectivity index (χ0v) is 16.6. The predicted molar refractivity (Wildman–Crippen MR) is 111 cm³/mol. The summed E-state index contributed by atoms with van der Waals surface area (Å²) in [4.78, 5) is 20.6. The summed E-state index contributed by atoms with van der Waals surface area (Å²) < 4.78 is 14.0. The van der Waals surface area contributed by atoms with Gasteiger partial charge < -0.3 is 18.9 Å². The van der Waals surface area contributed by atoms with Crippen molar-refractivity contribution in [1.82, 2.24) is 14.5 Å². The lowest BCUT2D eigenvalue weighted by Crippen LogP contribution is -2.19. The van der Waals surface area contributed by atoms with Crippen LogP contribution in [-0.2, 0) is 6.54 Å². The third-order valence-corrected chi connectivity index (χ3v) is 5.86. The molecule has 0 fully saturated rings. The third kappa shape index (κ3) is 2.83. The summed E-state index contributed by atoms with van der Waals surface area (Å²) in [6.45, 7) is 1.53. The van der Waals surface area contributed by atoms with Crippen molar-refractivity contribution in [3.63, 3.8) is 0 Å².